The minimum atomic E-state index is -0.821. The lowest BCUT2D eigenvalue weighted by atomic mass is 10.1. The first-order valence-corrected chi connectivity index (χ1v) is 28.5. The van der Waals surface area contributed by atoms with Gasteiger partial charge in [-0.05, 0) is 141 Å². The predicted octanol–water partition coefficient (Wildman–Crippen LogP) is 19.4. The maximum absolute atomic E-state index is 12.8. The Labute approximate surface area is 441 Å². The van der Waals surface area contributed by atoms with Crippen LogP contribution in [0.1, 0.15) is 220 Å². The minimum absolute atomic E-state index is 0.114. The van der Waals surface area contributed by atoms with Gasteiger partial charge in [0.2, 0.25) is 0 Å². The molecule has 6 nitrogen and oxygen atoms in total. The molecule has 0 spiro atoms. The molecule has 72 heavy (non-hydrogen) atoms. The molecule has 0 aliphatic rings. The van der Waals surface area contributed by atoms with Crippen molar-refractivity contribution in [2.75, 3.05) is 13.2 Å². The summed E-state index contributed by atoms with van der Waals surface area (Å²) < 4.78 is 16.7. The molecule has 6 heteroatoms. The third-order valence-corrected chi connectivity index (χ3v) is 11.2. The number of esters is 3. The molecule has 0 fully saturated rings. The molecule has 402 valence electrons. The zero-order chi connectivity index (χ0) is 52.2. The summed E-state index contributed by atoms with van der Waals surface area (Å²) in [7, 11) is 0. The van der Waals surface area contributed by atoms with Crippen LogP contribution in [-0.4, -0.2) is 37.2 Å². The van der Waals surface area contributed by atoms with E-state index in [9.17, 15) is 14.4 Å². The average molecular weight is 992 g/mol. The van der Waals surface area contributed by atoms with E-state index >= 15 is 0 Å². The van der Waals surface area contributed by atoms with Crippen molar-refractivity contribution in [2.45, 2.75) is 226 Å². The fourth-order valence-corrected chi connectivity index (χ4v) is 7.04. The number of carbonyl (C=O) groups is 3. The number of allylic oxidation sites excluding steroid dienone is 26. The van der Waals surface area contributed by atoms with Gasteiger partial charge in [0.05, 0.1) is 0 Å². The second-order valence-electron chi connectivity index (χ2n) is 18.1. The van der Waals surface area contributed by atoms with E-state index in [1.165, 1.54) is 12.8 Å². The van der Waals surface area contributed by atoms with Gasteiger partial charge in [-0.15, -0.1) is 0 Å². The van der Waals surface area contributed by atoms with Crippen molar-refractivity contribution >= 4 is 17.9 Å². The molecule has 0 rings (SSSR count). The van der Waals surface area contributed by atoms with E-state index in [1.54, 1.807) is 0 Å². The molecule has 0 aliphatic heterocycles. The molecule has 0 aromatic heterocycles. The molecule has 0 bridgehead atoms. The summed E-state index contributed by atoms with van der Waals surface area (Å²) in [6, 6.07) is 0. The van der Waals surface area contributed by atoms with Gasteiger partial charge in [0.25, 0.3) is 0 Å². The van der Waals surface area contributed by atoms with Crippen LogP contribution >= 0.6 is 0 Å². The number of rotatable bonds is 49. The molecular weight excluding hydrogens is 889 g/mol. The van der Waals surface area contributed by atoms with E-state index in [0.29, 0.717) is 19.3 Å². The number of carbonyl (C=O) groups excluding carboxylic acids is 3. The lowest BCUT2D eigenvalue weighted by molar-refractivity contribution is -0.167. The zero-order valence-electron chi connectivity index (χ0n) is 45.9. The van der Waals surface area contributed by atoms with Crippen LogP contribution in [0.4, 0.5) is 0 Å². The van der Waals surface area contributed by atoms with E-state index in [-0.39, 0.29) is 37.5 Å². The van der Waals surface area contributed by atoms with Gasteiger partial charge in [0.15, 0.2) is 6.10 Å². The summed E-state index contributed by atoms with van der Waals surface area (Å²) in [5.74, 6) is -1.00. The predicted molar refractivity (Wildman–Crippen MR) is 311 cm³/mol. The Bertz CT molecular complexity index is 1660. The van der Waals surface area contributed by atoms with Gasteiger partial charge < -0.3 is 14.2 Å². The Morgan fingerprint density at radius 1 is 0.292 bits per heavy atom. The summed E-state index contributed by atoms with van der Waals surface area (Å²) >= 11 is 0. The Morgan fingerprint density at radius 3 is 0.889 bits per heavy atom. The lowest BCUT2D eigenvalue weighted by Crippen LogP contribution is -2.30. The largest absolute Gasteiger partial charge is 0.462 e. The smallest absolute Gasteiger partial charge is 0.306 e. The summed E-state index contributed by atoms with van der Waals surface area (Å²) in [6.45, 7) is 6.26. The molecule has 0 amide bonds. The topological polar surface area (TPSA) is 78.9 Å². The standard InChI is InChI=1S/C66H102O6/c1-4-7-10-13-16-19-22-24-26-27-28-29-30-31-32-33-34-35-36-37-38-39-41-42-44-47-50-53-56-59-65(68)71-62-63(61-70-64(67)58-55-52-49-46-21-18-15-12-9-6-3)72-66(69)60-57-54-51-48-45-43-40-25-23-20-17-14-11-8-5-2/h7-8,10-12,15-17,19-20,24-26,28-29,31-32,34-35,37-38,40-42,45,48,63H,4-6,9,13-14,18,21-23,27,30,33,36,39,43-44,46-47,49-62H2,1-3H3/b10-7-,11-8-,15-12-,19-16-,20-17-,26-24-,29-28-,32-31-,35-34-,38-37-,40-25-,42-41-,48-45-. The van der Waals surface area contributed by atoms with E-state index in [1.807, 2.05) is 0 Å². The Hall–Kier alpha value is -4.97. The second kappa shape index (κ2) is 58.6. The fraction of sp³-hybridized carbons (Fsp3) is 0.561. The summed E-state index contributed by atoms with van der Waals surface area (Å²) in [4.78, 5) is 38.0. The highest BCUT2D eigenvalue weighted by atomic mass is 16.6. The number of ether oxygens (including phenoxy) is 3. The van der Waals surface area contributed by atoms with Gasteiger partial charge in [-0.3, -0.25) is 14.4 Å². The number of unbranched alkanes of at least 4 members (excludes halogenated alkanes) is 12. The van der Waals surface area contributed by atoms with Gasteiger partial charge in [0, 0.05) is 19.3 Å². The summed E-state index contributed by atoms with van der Waals surface area (Å²) in [5, 5.41) is 0. The van der Waals surface area contributed by atoms with Crippen LogP contribution < -0.4 is 0 Å². The Morgan fingerprint density at radius 2 is 0.542 bits per heavy atom. The van der Waals surface area contributed by atoms with Crippen LogP contribution in [0.15, 0.2) is 158 Å². The molecule has 1 unspecified atom stereocenters. The van der Waals surface area contributed by atoms with Crippen molar-refractivity contribution in [2.24, 2.45) is 0 Å². The molecule has 1 atom stereocenters. The van der Waals surface area contributed by atoms with E-state index < -0.39 is 6.10 Å². The highest BCUT2D eigenvalue weighted by Gasteiger charge is 2.19. The van der Waals surface area contributed by atoms with Crippen LogP contribution in [0.3, 0.4) is 0 Å². The normalized spacial score (nSPS) is 13.3. The summed E-state index contributed by atoms with van der Waals surface area (Å²) in [6.07, 6.45) is 85.3. The third-order valence-electron chi connectivity index (χ3n) is 11.2. The quantitative estimate of drug-likeness (QED) is 0.0262. The van der Waals surface area contributed by atoms with Gasteiger partial charge in [-0.2, -0.15) is 0 Å². The maximum atomic E-state index is 12.8. The van der Waals surface area contributed by atoms with Crippen molar-refractivity contribution in [1.29, 1.82) is 0 Å². The fourth-order valence-electron chi connectivity index (χ4n) is 7.04. The van der Waals surface area contributed by atoms with Crippen molar-refractivity contribution < 1.29 is 28.6 Å². The third kappa shape index (κ3) is 56.0. The highest BCUT2D eigenvalue weighted by Crippen LogP contribution is 2.12. The first-order chi connectivity index (χ1) is 35.5. The molecule has 0 aromatic carbocycles. The molecule has 0 saturated carbocycles. The molecule has 0 aliphatic carbocycles. The van der Waals surface area contributed by atoms with Gasteiger partial charge in [-0.25, -0.2) is 0 Å². The monoisotopic (exact) mass is 991 g/mol. The second-order valence-corrected chi connectivity index (χ2v) is 18.1. The van der Waals surface area contributed by atoms with E-state index in [4.69, 9.17) is 14.2 Å². The average Bonchev–Trinajstić information content (AvgIpc) is 3.38. The number of hydrogen-bond donors (Lipinski definition) is 0. The molecule has 0 heterocycles. The van der Waals surface area contributed by atoms with Gasteiger partial charge in [0.1, 0.15) is 13.2 Å². The molecular formula is C66H102O6. The molecule has 0 N–H and O–H groups in total. The minimum Gasteiger partial charge on any atom is -0.462 e. The first-order valence-electron chi connectivity index (χ1n) is 28.5. The molecule has 0 aromatic rings. The Balaban J connectivity index is 4.39. The van der Waals surface area contributed by atoms with Crippen molar-refractivity contribution in [3.05, 3.63) is 158 Å². The van der Waals surface area contributed by atoms with E-state index in [2.05, 4.69) is 179 Å². The summed E-state index contributed by atoms with van der Waals surface area (Å²) in [5.41, 5.74) is 0. The van der Waals surface area contributed by atoms with E-state index in [0.717, 1.165) is 161 Å². The van der Waals surface area contributed by atoms with Crippen molar-refractivity contribution in [1.82, 2.24) is 0 Å². The maximum Gasteiger partial charge on any atom is 0.306 e. The van der Waals surface area contributed by atoms with Crippen LogP contribution in [0, 0.1) is 0 Å². The zero-order valence-corrected chi connectivity index (χ0v) is 45.9. The van der Waals surface area contributed by atoms with Crippen molar-refractivity contribution in [3.63, 3.8) is 0 Å². The van der Waals surface area contributed by atoms with Crippen LogP contribution in [0.25, 0.3) is 0 Å². The lowest BCUT2D eigenvalue weighted by Gasteiger charge is -2.18. The van der Waals surface area contributed by atoms with Crippen LogP contribution in [-0.2, 0) is 28.6 Å². The Kier molecular flexibility index (Phi) is 54.6. The van der Waals surface area contributed by atoms with Crippen molar-refractivity contribution in [3.8, 4) is 0 Å². The van der Waals surface area contributed by atoms with Gasteiger partial charge in [-0.1, -0.05) is 217 Å². The number of hydrogen-bond acceptors (Lipinski definition) is 6. The van der Waals surface area contributed by atoms with Crippen LogP contribution in [0.2, 0.25) is 0 Å². The van der Waals surface area contributed by atoms with Crippen LogP contribution in [0.5, 0.6) is 0 Å². The molecule has 0 saturated heterocycles. The highest BCUT2D eigenvalue weighted by molar-refractivity contribution is 5.71. The first kappa shape index (κ1) is 67.0. The molecule has 0 radical (unpaired) electrons. The SMILES string of the molecule is CC/C=C\C/C=C\C/C=C\C/C=C\C/C=C\C/C=C\C/C=C\C/C=C\CCCCCCC(=O)OCC(COC(=O)CCCCCCC/C=C\CCC)OC(=O)CCCC/C=C\C/C=C\C/C=C\C/C=C\CC. The van der Waals surface area contributed by atoms with Gasteiger partial charge >= 0.3 is 17.9 Å².